The molecule has 0 saturated heterocycles. The quantitative estimate of drug-likeness (QED) is 0.359. The molecule has 33 heavy (non-hydrogen) atoms. The first-order valence-corrected chi connectivity index (χ1v) is 11.1. The van der Waals surface area contributed by atoms with Crippen LogP contribution < -0.4 is 10.4 Å². The van der Waals surface area contributed by atoms with Crippen LogP contribution in [0, 0.1) is 12.8 Å². The molecule has 7 heteroatoms. The molecule has 180 valence electrons. The van der Waals surface area contributed by atoms with Gasteiger partial charge in [-0.05, 0) is 33.6 Å². The van der Waals surface area contributed by atoms with Gasteiger partial charge in [-0.3, -0.25) is 4.79 Å². The van der Waals surface area contributed by atoms with E-state index < -0.39 is 11.5 Å². The molecule has 1 aromatic heterocycles. The SMILES string of the molecule is CCc1oc(=O)c(Cc2c(O)c(CC=C(C)C)c(O)c(C(=O)C(C)CC)c2OC)c(O)c1C. The minimum atomic E-state index is -0.731. The zero-order chi connectivity index (χ0) is 25.0. The third-order valence-corrected chi connectivity index (χ3v) is 6.02. The molecular weight excluding hydrogens is 424 g/mol. The zero-order valence-corrected chi connectivity index (χ0v) is 20.5. The van der Waals surface area contributed by atoms with E-state index in [0.717, 1.165) is 5.57 Å². The number of phenolic OH excluding ortho intramolecular Hbond substituents is 2. The van der Waals surface area contributed by atoms with Gasteiger partial charge in [0.2, 0.25) is 0 Å². The Morgan fingerprint density at radius 1 is 1.06 bits per heavy atom. The van der Waals surface area contributed by atoms with E-state index in [1.54, 1.807) is 13.8 Å². The highest BCUT2D eigenvalue weighted by molar-refractivity contribution is 6.04. The zero-order valence-electron chi connectivity index (χ0n) is 20.5. The summed E-state index contributed by atoms with van der Waals surface area (Å²) in [6.07, 6.45) is 2.73. The second kappa shape index (κ2) is 10.6. The monoisotopic (exact) mass is 458 g/mol. The highest BCUT2D eigenvalue weighted by Crippen LogP contribution is 2.45. The molecule has 0 saturated carbocycles. The number of ketones is 1. The van der Waals surface area contributed by atoms with Crippen molar-refractivity contribution in [2.24, 2.45) is 5.92 Å². The van der Waals surface area contributed by atoms with Crippen LogP contribution in [-0.4, -0.2) is 28.2 Å². The number of phenols is 2. The number of ether oxygens (including phenoxy) is 1. The van der Waals surface area contributed by atoms with E-state index in [1.165, 1.54) is 7.11 Å². The molecule has 1 atom stereocenters. The lowest BCUT2D eigenvalue weighted by atomic mass is 9.88. The summed E-state index contributed by atoms with van der Waals surface area (Å²) in [7, 11) is 1.33. The summed E-state index contributed by atoms with van der Waals surface area (Å²) in [6, 6.07) is 0. The molecule has 3 N–H and O–H groups in total. The van der Waals surface area contributed by atoms with Gasteiger partial charge in [0.05, 0.1) is 12.7 Å². The summed E-state index contributed by atoms with van der Waals surface area (Å²) < 4.78 is 10.8. The molecule has 1 heterocycles. The van der Waals surface area contributed by atoms with Crippen molar-refractivity contribution >= 4 is 5.78 Å². The second-order valence-electron chi connectivity index (χ2n) is 8.52. The Hall–Kier alpha value is -3.22. The minimum absolute atomic E-state index is 0.0210. The van der Waals surface area contributed by atoms with Gasteiger partial charge in [-0.1, -0.05) is 32.4 Å². The predicted molar refractivity (Wildman–Crippen MR) is 127 cm³/mol. The molecule has 0 bridgehead atoms. The van der Waals surface area contributed by atoms with E-state index in [1.807, 2.05) is 33.8 Å². The lowest BCUT2D eigenvalue weighted by Gasteiger charge is -2.21. The van der Waals surface area contributed by atoms with Crippen molar-refractivity contribution < 1.29 is 29.3 Å². The number of hydrogen-bond acceptors (Lipinski definition) is 7. The van der Waals surface area contributed by atoms with E-state index in [4.69, 9.17) is 9.15 Å². The average molecular weight is 459 g/mol. The third kappa shape index (κ3) is 5.07. The first-order chi connectivity index (χ1) is 15.5. The molecule has 7 nitrogen and oxygen atoms in total. The van der Waals surface area contributed by atoms with Crippen LogP contribution in [0.4, 0.5) is 0 Å². The Balaban J connectivity index is 2.88. The van der Waals surface area contributed by atoms with Gasteiger partial charge < -0.3 is 24.5 Å². The van der Waals surface area contributed by atoms with Crippen LogP contribution in [0.1, 0.15) is 79.4 Å². The molecule has 2 rings (SSSR count). The van der Waals surface area contributed by atoms with E-state index in [-0.39, 0.29) is 63.9 Å². The summed E-state index contributed by atoms with van der Waals surface area (Å²) in [6.45, 7) is 10.8. The fourth-order valence-electron chi connectivity index (χ4n) is 3.74. The lowest BCUT2D eigenvalue weighted by Crippen LogP contribution is -2.16. The van der Waals surface area contributed by atoms with Crippen molar-refractivity contribution in [1.29, 1.82) is 0 Å². The fourth-order valence-corrected chi connectivity index (χ4v) is 3.74. The van der Waals surface area contributed by atoms with Crippen LogP contribution in [0.3, 0.4) is 0 Å². The van der Waals surface area contributed by atoms with Gasteiger partial charge in [0, 0.05) is 35.4 Å². The van der Waals surface area contributed by atoms with Crippen molar-refractivity contribution in [2.75, 3.05) is 7.11 Å². The van der Waals surface area contributed by atoms with E-state index >= 15 is 0 Å². The van der Waals surface area contributed by atoms with Crippen LogP contribution >= 0.6 is 0 Å². The summed E-state index contributed by atoms with van der Waals surface area (Å²) in [5, 5.41) is 32.8. The minimum Gasteiger partial charge on any atom is -0.507 e. The van der Waals surface area contributed by atoms with Crippen molar-refractivity contribution in [3.63, 3.8) is 0 Å². The standard InChI is InChI=1S/C26H34O7/c1-8-14(5)21(27)20-24(30)16(11-10-13(3)4)23(29)17(25(20)32-7)12-18-22(28)15(6)19(9-2)33-26(18)31/h10,14,28-30H,8-9,11-12H2,1-7H3. The van der Waals surface area contributed by atoms with Crippen LogP contribution in [0.2, 0.25) is 0 Å². The Kier molecular flexibility index (Phi) is 8.36. The Morgan fingerprint density at radius 2 is 1.70 bits per heavy atom. The highest BCUT2D eigenvalue weighted by Gasteiger charge is 2.31. The maximum absolute atomic E-state index is 13.2. The van der Waals surface area contributed by atoms with Crippen LogP contribution in [0.5, 0.6) is 23.0 Å². The topological polar surface area (TPSA) is 117 Å². The summed E-state index contributed by atoms with van der Waals surface area (Å²) in [5.41, 5.74) is 0.858. The number of aromatic hydroxyl groups is 3. The molecule has 0 amide bonds. The molecule has 0 aliphatic heterocycles. The number of benzene rings is 1. The van der Waals surface area contributed by atoms with Gasteiger partial charge in [0.15, 0.2) is 5.78 Å². The van der Waals surface area contributed by atoms with Gasteiger partial charge in [-0.2, -0.15) is 0 Å². The smallest absolute Gasteiger partial charge is 0.343 e. The largest absolute Gasteiger partial charge is 0.507 e. The van der Waals surface area contributed by atoms with Gasteiger partial charge in [0.25, 0.3) is 0 Å². The number of Topliss-reactive ketones (excluding diaryl/α,β-unsaturated/α-hetero) is 1. The van der Waals surface area contributed by atoms with Gasteiger partial charge in [-0.15, -0.1) is 0 Å². The van der Waals surface area contributed by atoms with Gasteiger partial charge in [0.1, 0.15) is 34.3 Å². The number of hydrogen-bond donors (Lipinski definition) is 3. The number of rotatable bonds is 9. The normalized spacial score (nSPS) is 11.8. The summed E-state index contributed by atoms with van der Waals surface area (Å²) in [5.74, 6) is -1.24. The predicted octanol–water partition coefficient (Wildman–Crippen LogP) is 4.96. The summed E-state index contributed by atoms with van der Waals surface area (Å²) in [4.78, 5) is 25.8. The molecule has 0 spiro atoms. The van der Waals surface area contributed by atoms with Crippen molar-refractivity contribution in [3.05, 3.63) is 55.6 Å². The summed E-state index contributed by atoms with van der Waals surface area (Å²) >= 11 is 0. The van der Waals surface area contributed by atoms with E-state index in [2.05, 4.69) is 0 Å². The maximum Gasteiger partial charge on any atom is 0.343 e. The Morgan fingerprint density at radius 3 is 2.21 bits per heavy atom. The number of methoxy groups -OCH3 is 1. The molecule has 1 unspecified atom stereocenters. The first-order valence-electron chi connectivity index (χ1n) is 11.1. The molecular formula is C26H34O7. The lowest BCUT2D eigenvalue weighted by molar-refractivity contribution is 0.0920. The van der Waals surface area contributed by atoms with Crippen molar-refractivity contribution in [1.82, 2.24) is 0 Å². The maximum atomic E-state index is 13.2. The average Bonchev–Trinajstić information content (AvgIpc) is 2.78. The Bertz CT molecular complexity index is 1130. The van der Waals surface area contributed by atoms with Crippen molar-refractivity contribution in [3.8, 4) is 23.0 Å². The van der Waals surface area contributed by atoms with E-state index in [0.29, 0.717) is 24.2 Å². The number of allylic oxidation sites excluding steroid dienone is 2. The molecule has 1 aromatic carbocycles. The van der Waals surface area contributed by atoms with E-state index in [9.17, 15) is 24.9 Å². The van der Waals surface area contributed by atoms with Crippen LogP contribution in [0.15, 0.2) is 20.9 Å². The second-order valence-corrected chi connectivity index (χ2v) is 8.52. The highest BCUT2D eigenvalue weighted by atomic mass is 16.5. The number of aryl methyl sites for hydroxylation is 1. The van der Waals surface area contributed by atoms with Crippen molar-refractivity contribution in [2.45, 2.75) is 67.2 Å². The number of carbonyl (C=O) groups is 1. The first kappa shape index (κ1) is 26.0. The molecule has 0 radical (unpaired) electrons. The number of carbonyl (C=O) groups excluding carboxylic acids is 1. The molecule has 0 aliphatic carbocycles. The van der Waals surface area contributed by atoms with Gasteiger partial charge in [-0.25, -0.2) is 4.79 Å². The van der Waals surface area contributed by atoms with Gasteiger partial charge >= 0.3 is 5.63 Å². The van der Waals surface area contributed by atoms with Crippen LogP contribution in [-0.2, 0) is 19.3 Å². The molecule has 0 aliphatic rings. The fraction of sp³-hybridized carbons (Fsp3) is 0.462. The van der Waals surface area contributed by atoms with Crippen LogP contribution in [0.25, 0.3) is 0 Å². The Labute approximate surface area is 194 Å². The molecule has 2 aromatic rings. The molecule has 0 fully saturated rings. The third-order valence-electron chi connectivity index (χ3n) is 6.02.